The van der Waals surface area contributed by atoms with Crippen LogP contribution in [0.2, 0.25) is 0 Å². The monoisotopic (exact) mass is 211 g/mol. The molecule has 0 rings (SSSR count). The topological polar surface area (TPSA) is 3.24 Å². The van der Waals surface area contributed by atoms with Crippen LogP contribution in [0, 0.1) is 0 Å². The Bertz CT molecular complexity index is 130. The second kappa shape index (κ2) is 11.8. The maximum atomic E-state index is 2.59. The van der Waals surface area contributed by atoms with Crippen molar-refractivity contribution >= 4 is 0 Å². The van der Waals surface area contributed by atoms with Gasteiger partial charge in [0.15, 0.2) is 0 Å². The fourth-order valence-corrected chi connectivity index (χ4v) is 1.72. The van der Waals surface area contributed by atoms with Crippen molar-refractivity contribution in [2.75, 3.05) is 19.6 Å². The van der Waals surface area contributed by atoms with Crippen LogP contribution >= 0.6 is 0 Å². The van der Waals surface area contributed by atoms with Gasteiger partial charge in [0.25, 0.3) is 0 Å². The largest absolute Gasteiger partial charge is 0.300 e. The van der Waals surface area contributed by atoms with E-state index in [1.54, 1.807) is 0 Å². The summed E-state index contributed by atoms with van der Waals surface area (Å²) < 4.78 is 0. The van der Waals surface area contributed by atoms with Gasteiger partial charge in [-0.25, -0.2) is 0 Å². The average molecular weight is 211 g/mol. The summed E-state index contributed by atoms with van der Waals surface area (Å²) in [6.07, 6.45) is 12.6. The molecule has 0 amide bonds. The highest BCUT2D eigenvalue weighted by atomic mass is 15.1. The van der Waals surface area contributed by atoms with Crippen LogP contribution in [0.1, 0.15) is 59.3 Å². The molecule has 0 aliphatic carbocycles. The summed E-state index contributed by atoms with van der Waals surface area (Å²) in [5.74, 6) is 0. The molecule has 0 N–H and O–H groups in total. The first-order valence-corrected chi connectivity index (χ1v) is 6.68. The van der Waals surface area contributed by atoms with Crippen LogP contribution in [0.5, 0.6) is 0 Å². The predicted molar refractivity (Wildman–Crippen MR) is 70.3 cm³/mol. The van der Waals surface area contributed by atoms with E-state index in [0.29, 0.717) is 0 Å². The van der Waals surface area contributed by atoms with Gasteiger partial charge < -0.3 is 0 Å². The molecule has 1 nitrogen and oxygen atoms in total. The van der Waals surface area contributed by atoms with E-state index < -0.39 is 0 Å². The quantitative estimate of drug-likeness (QED) is 0.386. The molecule has 0 radical (unpaired) electrons. The smallest absolute Gasteiger partial charge is 0.0163 e. The van der Waals surface area contributed by atoms with E-state index in [0.717, 1.165) is 6.54 Å². The summed E-state index contributed by atoms with van der Waals surface area (Å²) in [6.45, 7) is 10.4. The van der Waals surface area contributed by atoms with Crippen molar-refractivity contribution in [3.8, 4) is 0 Å². The second-order valence-electron chi connectivity index (χ2n) is 4.28. The molecule has 0 aromatic carbocycles. The van der Waals surface area contributed by atoms with Crippen molar-refractivity contribution in [1.29, 1.82) is 0 Å². The van der Waals surface area contributed by atoms with Gasteiger partial charge in [0.05, 0.1) is 0 Å². The van der Waals surface area contributed by atoms with Gasteiger partial charge in [-0.3, -0.25) is 4.90 Å². The highest BCUT2D eigenvalue weighted by molar-refractivity contribution is 4.81. The average Bonchev–Trinajstić information content (AvgIpc) is 2.25. The fraction of sp³-hybridized carbons (Fsp3) is 0.857. The zero-order chi connectivity index (χ0) is 11.4. The highest BCUT2D eigenvalue weighted by Crippen LogP contribution is 2.02. The molecule has 0 fully saturated rings. The molecule has 0 aliphatic rings. The van der Waals surface area contributed by atoms with Crippen LogP contribution in [0.3, 0.4) is 0 Å². The lowest BCUT2D eigenvalue weighted by Crippen LogP contribution is -2.26. The Balaban J connectivity index is 3.63. The fourth-order valence-electron chi connectivity index (χ4n) is 1.72. The Morgan fingerprint density at radius 3 is 1.80 bits per heavy atom. The number of unbranched alkanes of at least 4 members (excludes halogenated alkanes) is 4. The molecule has 0 heterocycles. The molecular weight excluding hydrogens is 182 g/mol. The van der Waals surface area contributed by atoms with E-state index in [2.05, 4.69) is 37.8 Å². The van der Waals surface area contributed by atoms with Crippen LogP contribution in [-0.2, 0) is 0 Å². The summed E-state index contributed by atoms with van der Waals surface area (Å²) in [6, 6.07) is 0. The lowest BCUT2D eigenvalue weighted by molar-refractivity contribution is 0.288. The minimum Gasteiger partial charge on any atom is -0.300 e. The summed E-state index contributed by atoms with van der Waals surface area (Å²) in [7, 11) is 0. The first kappa shape index (κ1) is 14.7. The predicted octanol–water partition coefficient (Wildman–Crippen LogP) is 4.24. The molecule has 0 unspecified atom stereocenters. The molecule has 0 saturated carbocycles. The van der Waals surface area contributed by atoms with Crippen LogP contribution in [-0.4, -0.2) is 24.5 Å². The lowest BCUT2D eigenvalue weighted by Gasteiger charge is -2.20. The minimum atomic E-state index is 1.14. The van der Waals surface area contributed by atoms with Crippen LogP contribution in [0.4, 0.5) is 0 Å². The summed E-state index contributed by atoms with van der Waals surface area (Å²) in [5.41, 5.74) is 0. The zero-order valence-electron chi connectivity index (χ0n) is 11.0. The Labute approximate surface area is 96.6 Å². The number of nitrogens with zero attached hydrogens (tertiary/aromatic N) is 1. The van der Waals surface area contributed by atoms with Crippen molar-refractivity contribution in [2.24, 2.45) is 0 Å². The third-order valence-corrected chi connectivity index (χ3v) is 2.76. The molecule has 15 heavy (non-hydrogen) atoms. The Hall–Kier alpha value is -0.300. The number of hydrogen-bond acceptors (Lipinski definition) is 1. The number of rotatable bonds is 10. The molecule has 0 spiro atoms. The van der Waals surface area contributed by atoms with Gasteiger partial charge in [0, 0.05) is 6.54 Å². The normalized spacial score (nSPS) is 11.7. The first-order chi connectivity index (χ1) is 7.35. The Morgan fingerprint density at radius 2 is 1.40 bits per heavy atom. The maximum absolute atomic E-state index is 2.59. The third-order valence-electron chi connectivity index (χ3n) is 2.76. The van der Waals surface area contributed by atoms with Gasteiger partial charge in [-0.05, 0) is 32.9 Å². The maximum Gasteiger partial charge on any atom is 0.0163 e. The van der Waals surface area contributed by atoms with Crippen molar-refractivity contribution in [3.63, 3.8) is 0 Å². The van der Waals surface area contributed by atoms with Gasteiger partial charge in [-0.2, -0.15) is 0 Å². The SMILES string of the molecule is C/C=C/CN(CCCCC)CCCCC. The lowest BCUT2D eigenvalue weighted by atomic mass is 10.2. The summed E-state index contributed by atoms with van der Waals surface area (Å²) in [4.78, 5) is 2.59. The number of hydrogen-bond donors (Lipinski definition) is 0. The standard InChI is InChI=1S/C14H29N/c1-4-7-10-13-15(12-9-6-3)14-11-8-5-2/h6,9H,4-5,7-8,10-14H2,1-3H3/b9-6+. The second-order valence-corrected chi connectivity index (χ2v) is 4.28. The first-order valence-electron chi connectivity index (χ1n) is 6.68. The number of allylic oxidation sites excluding steroid dienone is 1. The minimum absolute atomic E-state index is 1.14. The molecule has 0 atom stereocenters. The third kappa shape index (κ3) is 9.99. The summed E-state index contributed by atoms with van der Waals surface area (Å²) >= 11 is 0. The zero-order valence-corrected chi connectivity index (χ0v) is 11.0. The van der Waals surface area contributed by atoms with Crippen molar-refractivity contribution < 1.29 is 0 Å². The van der Waals surface area contributed by atoms with Gasteiger partial charge in [-0.15, -0.1) is 0 Å². The Kier molecular flexibility index (Phi) is 11.5. The van der Waals surface area contributed by atoms with Crippen molar-refractivity contribution in [2.45, 2.75) is 59.3 Å². The molecule has 0 bridgehead atoms. The summed E-state index contributed by atoms with van der Waals surface area (Å²) in [5, 5.41) is 0. The van der Waals surface area contributed by atoms with Gasteiger partial charge in [-0.1, -0.05) is 51.7 Å². The molecule has 0 aromatic heterocycles. The van der Waals surface area contributed by atoms with E-state index in [4.69, 9.17) is 0 Å². The van der Waals surface area contributed by atoms with E-state index in [1.807, 2.05) is 0 Å². The van der Waals surface area contributed by atoms with Gasteiger partial charge >= 0.3 is 0 Å². The molecular formula is C14H29N. The van der Waals surface area contributed by atoms with E-state index in [-0.39, 0.29) is 0 Å². The molecule has 0 aliphatic heterocycles. The Morgan fingerprint density at radius 1 is 0.867 bits per heavy atom. The van der Waals surface area contributed by atoms with Crippen molar-refractivity contribution in [3.05, 3.63) is 12.2 Å². The molecule has 0 saturated heterocycles. The van der Waals surface area contributed by atoms with E-state index in [1.165, 1.54) is 51.6 Å². The van der Waals surface area contributed by atoms with Gasteiger partial charge in [0.2, 0.25) is 0 Å². The molecule has 1 heteroatoms. The van der Waals surface area contributed by atoms with E-state index >= 15 is 0 Å². The van der Waals surface area contributed by atoms with E-state index in [9.17, 15) is 0 Å². The van der Waals surface area contributed by atoms with Crippen molar-refractivity contribution in [1.82, 2.24) is 4.90 Å². The van der Waals surface area contributed by atoms with Crippen LogP contribution < -0.4 is 0 Å². The van der Waals surface area contributed by atoms with Crippen LogP contribution in [0.15, 0.2) is 12.2 Å². The highest BCUT2D eigenvalue weighted by Gasteiger charge is 2.01. The molecule has 0 aromatic rings. The molecule has 90 valence electrons. The van der Waals surface area contributed by atoms with Crippen LogP contribution in [0.25, 0.3) is 0 Å². The van der Waals surface area contributed by atoms with Gasteiger partial charge in [0.1, 0.15) is 0 Å².